The van der Waals surface area contributed by atoms with Gasteiger partial charge in [0.15, 0.2) is 0 Å². The highest BCUT2D eigenvalue weighted by Crippen LogP contribution is 2.24. The lowest BCUT2D eigenvalue weighted by molar-refractivity contribution is 0.129. The van der Waals surface area contributed by atoms with E-state index in [0.29, 0.717) is 6.04 Å². The Balaban J connectivity index is 1.83. The SMILES string of the molecule is COC(C)CNc1cc(CNC2CC2)nc2ccccc12. The number of hydrogen-bond acceptors (Lipinski definition) is 4. The first-order valence-electron chi connectivity index (χ1n) is 7.65. The van der Waals surface area contributed by atoms with Crippen LogP contribution in [0, 0.1) is 0 Å². The van der Waals surface area contributed by atoms with Crippen LogP contribution in [0.5, 0.6) is 0 Å². The molecule has 0 bridgehead atoms. The number of fused-ring (bicyclic) bond motifs is 1. The summed E-state index contributed by atoms with van der Waals surface area (Å²) in [6.45, 7) is 3.69. The Labute approximate surface area is 125 Å². The average molecular weight is 285 g/mol. The molecule has 1 fully saturated rings. The number of anilines is 1. The van der Waals surface area contributed by atoms with E-state index >= 15 is 0 Å². The summed E-state index contributed by atoms with van der Waals surface area (Å²) in [5.74, 6) is 0. The number of hydrogen-bond donors (Lipinski definition) is 2. The van der Waals surface area contributed by atoms with E-state index < -0.39 is 0 Å². The molecular weight excluding hydrogens is 262 g/mol. The quantitative estimate of drug-likeness (QED) is 0.821. The number of rotatable bonds is 7. The molecule has 4 heteroatoms. The molecule has 1 aliphatic rings. The molecule has 1 aromatic carbocycles. The van der Waals surface area contributed by atoms with Crippen LogP contribution in [0.15, 0.2) is 30.3 Å². The van der Waals surface area contributed by atoms with Gasteiger partial charge in [0.05, 0.1) is 17.3 Å². The number of nitrogens with zero attached hydrogens (tertiary/aromatic N) is 1. The highest BCUT2D eigenvalue weighted by Gasteiger charge is 2.20. The van der Waals surface area contributed by atoms with Gasteiger partial charge in [0, 0.05) is 37.3 Å². The van der Waals surface area contributed by atoms with E-state index in [1.165, 1.54) is 12.8 Å². The minimum absolute atomic E-state index is 0.185. The molecule has 0 amide bonds. The summed E-state index contributed by atoms with van der Waals surface area (Å²) in [5, 5.41) is 8.18. The molecule has 1 saturated carbocycles. The number of pyridine rings is 1. The molecule has 0 radical (unpaired) electrons. The minimum Gasteiger partial charge on any atom is -0.382 e. The van der Waals surface area contributed by atoms with Crippen LogP contribution in [-0.4, -0.2) is 30.8 Å². The van der Waals surface area contributed by atoms with Crippen molar-refractivity contribution < 1.29 is 4.74 Å². The molecule has 2 aromatic rings. The fourth-order valence-corrected chi connectivity index (χ4v) is 2.34. The predicted octanol–water partition coefficient (Wildman–Crippen LogP) is 2.93. The number of aromatic nitrogens is 1. The number of methoxy groups -OCH3 is 1. The van der Waals surface area contributed by atoms with Crippen LogP contribution in [0.2, 0.25) is 0 Å². The lowest BCUT2D eigenvalue weighted by atomic mass is 10.1. The number of nitrogens with one attached hydrogen (secondary N) is 2. The molecule has 2 N–H and O–H groups in total. The van der Waals surface area contributed by atoms with Crippen LogP contribution in [0.1, 0.15) is 25.5 Å². The Morgan fingerprint density at radius 1 is 1.33 bits per heavy atom. The summed E-state index contributed by atoms with van der Waals surface area (Å²) in [4.78, 5) is 4.75. The third-order valence-corrected chi connectivity index (χ3v) is 3.90. The molecular formula is C17H23N3O. The smallest absolute Gasteiger partial charge is 0.0726 e. The van der Waals surface area contributed by atoms with Crippen molar-refractivity contribution >= 4 is 16.6 Å². The largest absolute Gasteiger partial charge is 0.382 e. The molecule has 0 saturated heterocycles. The first-order chi connectivity index (χ1) is 10.3. The summed E-state index contributed by atoms with van der Waals surface area (Å²) in [6.07, 6.45) is 2.78. The Hall–Kier alpha value is -1.65. The van der Waals surface area contributed by atoms with Crippen LogP contribution >= 0.6 is 0 Å². The summed E-state index contributed by atoms with van der Waals surface area (Å²) in [5.41, 5.74) is 3.27. The highest BCUT2D eigenvalue weighted by atomic mass is 16.5. The van der Waals surface area contributed by atoms with Crippen molar-refractivity contribution in [1.82, 2.24) is 10.3 Å². The number of ether oxygens (including phenoxy) is 1. The lowest BCUT2D eigenvalue weighted by Gasteiger charge is -2.15. The molecule has 4 nitrogen and oxygen atoms in total. The maximum atomic E-state index is 5.31. The van der Waals surface area contributed by atoms with Crippen molar-refractivity contribution in [1.29, 1.82) is 0 Å². The highest BCUT2D eigenvalue weighted by molar-refractivity contribution is 5.91. The van der Waals surface area contributed by atoms with Gasteiger partial charge in [-0.05, 0) is 31.9 Å². The topological polar surface area (TPSA) is 46.2 Å². The summed E-state index contributed by atoms with van der Waals surface area (Å²) in [7, 11) is 1.74. The van der Waals surface area contributed by atoms with E-state index in [2.05, 4.69) is 41.8 Å². The van der Waals surface area contributed by atoms with Crippen LogP contribution in [0.3, 0.4) is 0 Å². The van der Waals surface area contributed by atoms with E-state index in [4.69, 9.17) is 9.72 Å². The van der Waals surface area contributed by atoms with E-state index in [1.54, 1.807) is 7.11 Å². The minimum atomic E-state index is 0.185. The van der Waals surface area contributed by atoms with Gasteiger partial charge in [-0.25, -0.2) is 0 Å². The Morgan fingerprint density at radius 3 is 2.90 bits per heavy atom. The zero-order valence-electron chi connectivity index (χ0n) is 12.7. The van der Waals surface area contributed by atoms with E-state index in [-0.39, 0.29) is 6.10 Å². The fraction of sp³-hybridized carbons (Fsp3) is 0.471. The molecule has 0 spiro atoms. The van der Waals surface area contributed by atoms with Crippen molar-refractivity contribution in [3.63, 3.8) is 0 Å². The van der Waals surface area contributed by atoms with Gasteiger partial charge in [-0.15, -0.1) is 0 Å². The van der Waals surface area contributed by atoms with Gasteiger partial charge in [-0.3, -0.25) is 4.98 Å². The summed E-state index contributed by atoms with van der Waals surface area (Å²) >= 11 is 0. The second-order valence-electron chi connectivity index (χ2n) is 5.76. The standard InChI is InChI=1S/C17H23N3O/c1-12(21-2)10-19-17-9-14(11-18-13-7-8-13)20-16-6-4-3-5-15(16)17/h3-6,9,12-13,18H,7-8,10-11H2,1-2H3,(H,19,20). The van der Waals surface area contributed by atoms with Gasteiger partial charge >= 0.3 is 0 Å². The molecule has 1 unspecified atom stereocenters. The van der Waals surface area contributed by atoms with Crippen molar-refractivity contribution in [2.24, 2.45) is 0 Å². The molecule has 1 atom stereocenters. The molecule has 1 heterocycles. The fourth-order valence-electron chi connectivity index (χ4n) is 2.34. The summed E-state index contributed by atoms with van der Waals surface area (Å²) < 4.78 is 5.31. The molecule has 1 aliphatic carbocycles. The first-order valence-corrected chi connectivity index (χ1v) is 7.65. The van der Waals surface area contributed by atoms with Gasteiger partial charge in [-0.2, -0.15) is 0 Å². The van der Waals surface area contributed by atoms with Crippen molar-refractivity contribution in [2.75, 3.05) is 19.0 Å². The van der Waals surface area contributed by atoms with Crippen molar-refractivity contribution in [3.8, 4) is 0 Å². The van der Waals surface area contributed by atoms with Crippen LogP contribution in [0.4, 0.5) is 5.69 Å². The Kier molecular flexibility index (Phi) is 4.36. The van der Waals surface area contributed by atoms with E-state index in [1.807, 2.05) is 6.07 Å². The van der Waals surface area contributed by atoms with Gasteiger partial charge < -0.3 is 15.4 Å². The first kappa shape index (κ1) is 14.3. The van der Waals surface area contributed by atoms with E-state index in [9.17, 15) is 0 Å². The van der Waals surface area contributed by atoms with Gasteiger partial charge in [0.1, 0.15) is 0 Å². The molecule has 3 rings (SSSR count). The maximum absolute atomic E-state index is 5.31. The molecule has 0 aliphatic heterocycles. The van der Waals surface area contributed by atoms with E-state index in [0.717, 1.165) is 35.4 Å². The van der Waals surface area contributed by atoms with Crippen molar-refractivity contribution in [3.05, 3.63) is 36.0 Å². The third-order valence-electron chi connectivity index (χ3n) is 3.90. The molecule has 1 aromatic heterocycles. The molecule has 112 valence electrons. The zero-order chi connectivity index (χ0) is 14.7. The zero-order valence-corrected chi connectivity index (χ0v) is 12.7. The summed E-state index contributed by atoms with van der Waals surface area (Å²) in [6, 6.07) is 11.1. The number of para-hydroxylation sites is 1. The van der Waals surface area contributed by atoms with Gasteiger partial charge in [0.2, 0.25) is 0 Å². The number of benzene rings is 1. The predicted molar refractivity (Wildman–Crippen MR) is 86.6 cm³/mol. The maximum Gasteiger partial charge on any atom is 0.0726 e. The molecule has 21 heavy (non-hydrogen) atoms. The monoisotopic (exact) mass is 285 g/mol. The van der Waals surface area contributed by atoms with Crippen LogP contribution in [-0.2, 0) is 11.3 Å². The van der Waals surface area contributed by atoms with Gasteiger partial charge in [0.25, 0.3) is 0 Å². The Bertz CT molecular complexity index is 610. The third kappa shape index (κ3) is 3.71. The van der Waals surface area contributed by atoms with Crippen molar-refractivity contribution in [2.45, 2.75) is 38.5 Å². The van der Waals surface area contributed by atoms with Gasteiger partial charge in [-0.1, -0.05) is 18.2 Å². The normalized spacial score (nSPS) is 16.1. The second kappa shape index (κ2) is 6.41. The average Bonchev–Trinajstić information content (AvgIpc) is 3.34. The second-order valence-corrected chi connectivity index (χ2v) is 5.76. The van der Waals surface area contributed by atoms with Crippen LogP contribution < -0.4 is 10.6 Å². The lowest BCUT2D eigenvalue weighted by Crippen LogP contribution is -2.19. The Morgan fingerprint density at radius 2 is 2.14 bits per heavy atom. The van der Waals surface area contributed by atoms with Crippen LogP contribution in [0.25, 0.3) is 10.9 Å².